The lowest BCUT2D eigenvalue weighted by atomic mass is 9.98. The molecule has 1 aliphatic rings. The molecule has 1 N–H and O–H groups in total. The summed E-state index contributed by atoms with van der Waals surface area (Å²) in [5.74, 6) is 0.705. The smallest absolute Gasteiger partial charge is 0.0702 e. The van der Waals surface area contributed by atoms with Crippen LogP contribution in [0.15, 0.2) is 0 Å². The first-order valence-electron chi connectivity index (χ1n) is 7.75. The quantitative estimate of drug-likeness (QED) is 0.675. The molecule has 0 bridgehead atoms. The Balaban J connectivity index is 2.32. The molecule has 108 valence electrons. The third-order valence-electron chi connectivity index (χ3n) is 4.10. The standard InChI is InChI=1S/C15H32N2O/c1-5-9-16-11-13(3)14(4)17-10-7-8-15(12-17)18-6-2/h13-16H,5-12H2,1-4H3. The van der Waals surface area contributed by atoms with Gasteiger partial charge < -0.3 is 10.1 Å². The summed E-state index contributed by atoms with van der Waals surface area (Å²) in [7, 11) is 0. The summed E-state index contributed by atoms with van der Waals surface area (Å²) in [6, 6.07) is 0.651. The monoisotopic (exact) mass is 256 g/mol. The molecule has 0 aromatic rings. The van der Waals surface area contributed by atoms with Crippen LogP contribution >= 0.6 is 0 Å². The van der Waals surface area contributed by atoms with E-state index in [0.717, 1.165) is 26.2 Å². The molecule has 3 atom stereocenters. The SMILES string of the molecule is CCCNCC(C)C(C)N1CCCC(OCC)C1. The van der Waals surface area contributed by atoms with Crippen LogP contribution in [0.1, 0.15) is 47.0 Å². The largest absolute Gasteiger partial charge is 0.377 e. The third kappa shape index (κ3) is 5.25. The highest BCUT2D eigenvalue weighted by Crippen LogP contribution is 2.19. The predicted molar refractivity (Wildman–Crippen MR) is 78.0 cm³/mol. The van der Waals surface area contributed by atoms with Crippen LogP contribution in [-0.2, 0) is 4.74 Å². The summed E-state index contributed by atoms with van der Waals surface area (Å²) in [4.78, 5) is 2.61. The number of rotatable bonds is 8. The van der Waals surface area contributed by atoms with Crippen molar-refractivity contribution in [2.24, 2.45) is 5.92 Å². The molecule has 1 aliphatic heterocycles. The molecule has 0 saturated carbocycles. The molecule has 0 amide bonds. The number of nitrogens with one attached hydrogen (secondary N) is 1. The molecule has 1 fully saturated rings. The fourth-order valence-corrected chi connectivity index (χ4v) is 2.74. The van der Waals surface area contributed by atoms with Crippen LogP contribution in [0.25, 0.3) is 0 Å². The highest BCUT2D eigenvalue weighted by atomic mass is 16.5. The van der Waals surface area contributed by atoms with Gasteiger partial charge in [0, 0.05) is 19.2 Å². The van der Waals surface area contributed by atoms with Gasteiger partial charge in [0.1, 0.15) is 0 Å². The first kappa shape index (κ1) is 15.9. The summed E-state index contributed by atoms with van der Waals surface area (Å²) in [5, 5.41) is 3.53. The Morgan fingerprint density at radius 3 is 2.78 bits per heavy atom. The molecule has 0 aromatic heterocycles. The second-order valence-corrected chi connectivity index (χ2v) is 5.64. The summed E-state index contributed by atoms with van der Waals surface area (Å²) in [5.41, 5.74) is 0. The Morgan fingerprint density at radius 1 is 1.33 bits per heavy atom. The predicted octanol–water partition coefficient (Wildman–Crippen LogP) is 2.51. The number of hydrogen-bond acceptors (Lipinski definition) is 3. The average Bonchev–Trinajstić information content (AvgIpc) is 2.39. The minimum atomic E-state index is 0.460. The van der Waals surface area contributed by atoms with E-state index in [9.17, 15) is 0 Å². The lowest BCUT2D eigenvalue weighted by Crippen LogP contribution is -2.48. The molecule has 3 heteroatoms. The van der Waals surface area contributed by atoms with Crippen molar-refractivity contribution in [3.8, 4) is 0 Å². The summed E-state index contributed by atoms with van der Waals surface area (Å²) < 4.78 is 5.78. The second-order valence-electron chi connectivity index (χ2n) is 5.64. The van der Waals surface area contributed by atoms with E-state index in [2.05, 4.69) is 37.9 Å². The van der Waals surface area contributed by atoms with Crippen LogP contribution in [0.4, 0.5) is 0 Å². The molecule has 3 unspecified atom stereocenters. The van der Waals surface area contributed by atoms with Gasteiger partial charge in [0.05, 0.1) is 6.10 Å². The van der Waals surface area contributed by atoms with Gasteiger partial charge in [0.15, 0.2) is 0 Å². The molecular formula is C15H32N2O. The highest BCUT2D eigenvalue weighted by Gasteiger charge is 2.26. The lowest BCUT2D eigenvalue weighted by Gasteiger charge is -2.39. The van der Waals surface area contributed by atoms with Gasteiger partial charge >= 0.3 is 0 Å². The van der Waals surface area contributed by atoms with E-state index < -0.39 is 0 Å². The Hall–Kier alpha value is -0.120. The van der Waals surface area contributed by atoms with Crippen molar-refractivity contribution in [3.05, 3.63) is 0 Å². The Bertz CT molecular complexity index is 209. The normalized spacial score (nSPS) is 25.0. The Morgan fingerprint density at radius 2 is 2.11 bits per heavy atom. The minimum absolute atomic E-state index is 0.460. The van der Waals surface area contributed by atoms with Crippen molar-refractivity contribution in [3.63, 3.8) is 0 Å². The van der Waals surface area contributed by atoms with Gasteiger partial charge in [-0.1, -0.05) is 13.8 Å². The topological polar surface area (TPSA) is 24.5 Å². The number of likely N-dealkylation sites (tertiary alicyclic amines) is 1. The van der Waals surface area contributed by atoms with Gasteiger partial charge in [-0.15, -0.1) is 0 Å². The molecule has 0 radical (unpaired) electrons. The van der Waals surface area contributed by atoms with Crippen molar-refractivity contribution in [1.82, 2.24) is 10.2 Å². The van der Waals surface area contributed by atoms with Crippen molar-refractivity contribution < 1.29 is 4.74 Å². The molecule has 1 saturated heterocycles. The van der Waals surface area contributed by atoms with Crippen molar-refractivity contribution >= 4 is 0 Å². The lowest BCUT2D eigenvalue weighted by molar-refractivity contribution is -0.0120. The van der Waals surface area contributed by atoms with Gasteiger partial charge in [-0.2, -0.15) is 0 Å². The number of hydrogen-bond donors (Lipinski definition) is 1. The van der Waals surface area contributed by atoms with Crippen LogP contribution in [0.2, 0.25) is 0 Å². The first-order chi connectivity index (χ1) is 8.69. The molecular weight excluding hydrogens is 224 g/mol. The van der Waals surface area contributed by atoms with Crippen LogP contribution in [0.5, 0.6) is 0 Å². The number of piperidine rings is 1. The van der Waals surface area contributed by atoms with Gasteiger partial charge in [-0.25, -0.2) is 0 Å². The van der Waals surface area contributed by atoms with Crippen LogP contribution in [0.3, 0.4) is 0 Å². The van der Waals surface area contributed by atoms with E-state index in [1.165, 1.54) is 25.8 Å². The molecule has 3 nitrogen and oxygen atoms in total. The fraction of sp³-hybridized carbons (Fsp3) is 1.00. The van der Waals surface area contributed by atoms with Crippen LogP contribution < -0.4 is 5.32 Å². The highest BCUT2D eigenvalue weighted by molar-refractivity contribution is 4.81. The van der Waals surface area contributed by atoms with Crippen LogP contribution in [-0.4, -0.2) is 49.8 Å². The maximum absolute atomic E-state index is 5.78. The van der Waals surface area contributed by atoms with Gasteiger partial charge in [-0.3, -0.25) is 4.90 Å². The molecule has 18 heavy (non-hydrogen) atoms. The summed E-state index contributed by atoms with van der Waals surface area (Å²) >= 11 is 0. The van der Waals surface area contributed by atoms with Gasteiger partial charge in [0.2, 0.25) is 0 Å². The van der Waals surface area contributed by atoms with E-state index in [-0.39, 0.29) is 0 Å². The molecule has 0 spiro atoms. The van der Waals surface area contributed by atoms with Crippen molar-refractivity contribution in [2.75, 3.05) is 32.8 Å². The minimum Gasteiger partial charge on any atom is -0.377 e. The zero-order chi connectivity index (χ0) is 13.4. The molecule has 1 rings (SSSR count). The van der Waals surface area contributed by atoms with E-state index in [4.69, 9.17) is 4.74 Å². The van der Waals surface area contributed by atoms with E-state index in [1.807, 2.05) is 0 Å². The van der Waals surface area contributed by atoms with E-state index in [1.54, 1.807) is 0 Å². The average molecular weight is 256 g/mol. The van der Waals surface area contributed by atoms with Crippen LogP contribution in [0, 0.1) is 5.92 Å². The Labute approximate surface area is 113 Å². The number of ether oxygens (including phenoxy) is 1. The maximum Gasteiger partial charge on any atom is 0.0702 e. The van der Waals surface area contributed by atoms with Gasteiger partial charge in [0.25, 0.3) is 0 Å². The van der Waals surface area contributed by atoms with E-state index >= 15 is 0 Å². The Kier molecular flexibility index (Phi) is 7.87. The molecule has 0 aromatic carbocycles. The maximum atomic E-state index is 5.78. The zero-order valence-corrected chi connectivity index (χ0v) is 12.7. The third-order valence-corrected chi connectivity index (χ3v) is 4.10. The summed E-state index contributed by atoms with van der Waals surface area (Å²) in [6.45, 7) is 14.5. The number of nitrogens with zero attached hydrogens (tertiary/aromatic N) is 1. The molecule has 1 heterocycles. The molecule has 0 aliphatic carbocycles. The second kappa shape index (κ2) is 8.89. The van der Waals surface area contributed by atoms with Crippen molar-refractivity contribution in [2.45, 2.75) is 59.1 Å². The van der Waals surface area contributed by atoms with Crippen molar-refractivity contribution in [1.29, 1.82) is 0 Å². The fourth-order valence-electron chi connectivity index (χ4n) is 2.74. The first-order valence-corrected chi connectivity index (χ1v) is 7.75. The summed E-state index contributed by atoms with van der Waals surface area (Å²) in [6.07, 6.45) is 4.20. The van der Waals surface area contributed by atoms with Gasteiger partial charge in [-0.05, 0) is 58.7 Å². The van der Waals surface area contributed by atoms with E-state index in [0.29, 0.717) is 18.1 Å². The zero-order valence-electron chi connectivity index (χ0n) is 12.7.